The van der Waals surface area contributed by atoms with Crippen LogP contribution in [0.1, 0.15) is 51.8 Å². The highest BCUT2D eigenvalue weighted by Gasteiger charge is 2.31. The number of aldehydes is 1. The Kier molecular flexibility index (Phi) is 14.1. The van der Waals surface area contributed by atoms with Crippen molar-refractivity contribution in [2.24, 2.45) is 10.1 Å². The van der Waals surface area contributed by atoms with Gasteiger partial charge in [0.25, 0.3) is 5.91 Å². The van der Waals surface area contributed by atoms with Crippen LogP contribution in [-0.2, 0) is 33.7 Å². The van der Waals surface area contributed by atoms with Crippen molar-refractivity contribution >= 4 is 47.9 Å². The maximum Gasteiger partial charge on any atom is 0.416 e. The van der Waals surface area contributed by atoms with Crippen LogP contribution in [0.3, 0.4) is 0 Å². The zero-order valence-corrected chi connectivity index (χ0v) is 31.0. The molecule has 1 aromatic heterocycles. The molecule has 18 heteroatoms. The van der Waals surface area contributed by atoms with Gasteiger partial charge in [0.1, 0.15) is 12.9 Å². The maximum absolute atomic E-state index is 12.7. The van der Waals surface area contributed by atoms with Crippen LogP contribution in [0.2, 0.25) is 5.02 Å². The molecule has 3 N–H and O–H groups in total. The fourth-order valence-corrected chi connectivity index (χ4v) is 5.94. The topological polar surface area (TPSA) is 165 Å². The summed E-state index contributed by atoms with van der Waals surface area (Å²) in [4.78, 5) is 51.5. The average molecular weight is 772 g/mol. The van der Waals surface area contributed by atoms with Crippen LogP contribution in [0.15, 0.2) is 64.2 Å². The number of nitrogens with one attached hydrogen (secondary N) is 2. The zero-order chi connectivity index (χ0) is 39.6. The predicted octanol–water partition coefficient (Wildman–Crippen LogP) is 4.61. The second kappa shape index (κ2) is 18.5. The molecule has 2 amide bonds. The van der Waals surface area contributed by atoms with E-state index in [4.69, 9.17) is 16.3 Å². The van der Waals surface area contributed by atoms with Crippen molar-refractivity contribution in [1.29, 1.82) is 0 Å². The van der Waals surface area contributed by atoms with Gasteiger partial charge in [-0.25, -0.2) is 15.0 Å². The van der Waals surface area contributed by atoms with Gasteiger partial charge in [-0.1, -0.05) is 36.7 Å². The Hall–Kier alpha value is -5.55. The molecule has 2 aliphatic rings. The van der Waals surface area contributed by atoms with Crippen LogP contribution in [0.25, 0.3) is 0 Å². The van der Waals surface area contributed by atoms with Gasteiger partial charge in [-0.15, -0.1) is 0 Å². The van der Waals surface area contributed by atoms with E-state index in [9.17, 15) is 32.7 Å². The number of carbonyl (C=O) groups excluding carboxylic acids is 3. The Bertz CT molecular complexity index is 1930. The molecule has 0 atom stereocenters. The largest absolute Gasteiger partial charge is 0.504 e. The third-order valence-electron chi connectivity index (χ3n) is 8.57. The Morgan fingerprint density at radius 1 is 1.13 bits per heavy atom. The highest BCUT2D eigenvalue weighted by molar-refractivity contribution is 6.33. The molecule has 2 aliphatic heterocycles. The molecule has 288 valence electrons. The number of rotatable bonds is 10. The lowest BCUT2D eigenvalue weighted by Gasteiger charge is -2.36. The monoisotopic (exact) mass is 771 g/mol. The van der Waals surface area contributed by atoms with E-state index in [-0.39, 0.29) is 34.6 Å². The number of fused-ring (bicyclic) bond motifs is 1. The predicted molar refractivity (Wildman–Crippen MR) is 197 cm³/mol. The number of hydrazone groups is 1. The number of amidine groups is 1. The SMILES string of the molecule is C=N/C(=N\N(C)CC(=O)Nc1ccc(C(F)(F)F)cc1Cl)c1cccc2c1COC2.CC/C(NC)=C(/C=O)N1CCN(C(=O)c2ncnc(C)c2O)CC1. The number of hydrogen-bond donors (Lipinski definition) is 3. The Balaban J connectivity index is 0.000000247. The van der Waals surface area contributed by atoms with E-state index in [0.717, 1.165) is 53.3 Å². The highest BCUT2D eigenvalue weighted by Crippen LogP contribution is 2.34. The van der Waals surface area contributed by atoms with Crippen molar-refractivity contribution in [3.05, 3.63) is 92.8 Å². The number of aromatic nitrogens is 2. The molecule has 0 saturated carbocycles. The summed E-state index contributed by atoms with van der Waals surface area (Å²) in [6.07, 6.45) is -1.66. The minimum atomic E-state index is -4.52. The minimum absolute atomic E-state index is 0.0200. The summed E-state index contributed by atoms with van der Waals surface area (Å²) in [7, 11) is 3.36. The van der Waals surface area contributed by atoms with E-state index in [0.29, 0.717) is 56.6 Å². The third kappa shape index (κ3) is 10.1. The van der Waals surface area contributed by atoms with Gasteiger partial charge in [0, 0.05) is 51.5 Å². The zero-order valence-electron chi connectivity index (χ0n) is 30.2. The van der Waals surface area contributed by atoms with Crippen LogP contribution in [0, 0.1) is 6.92 Å². The van der Waals surface area contributed by atoms with Crippen LogP contribution in [0.4, 0.5) is 18.9 Å². The molecule has 3 aromatic rings. The number of allylic oxidation sites excluding steroid dienone is 2. The van der Waals surface area contributed by atoms with Gasteiger partial charge < -0.3 is 30.3 Å². The summed E-state index contributed by atoms with van der Waals surface area (Å²) in [5.74, 6) is -0.673. The number of alkyl halides is 3. The number of halogens is 4. The van der Waals surface area contributed by atoms with Crippen LogP contribution < -0.4 is 10.6 Å². The molecule has 0 aliphatic carbocycles. The first kappa shape index (κ1) is 41.2. The second-order valence-electron chi connectivity index (χ2n) is 12.1. The molecule has 2 aromatic carbocycles. The molecular weight excluding hydrogens is 731 g/mol. The number of aliphatic imine (C=N–C) groups is 1. The molecule has 1 fully saturated rings. The van der Waals surface area contributed by atoms with Crippen LogP contribution in [-0.4, -0.2) is 107 Å². The quantitative estimate of drug-likeness (QED) is 0.0872. The highest BCUT2D eigenvalue weighted by atomic mass is 35.5. The molecule has 0 unspecified atom stereocenters. The van der Waals surface area contributed by atoms with Crippen molar-refractivity contribution < 1.29 is 37.4 Å². The number of amides is 2. The number of hydrogen-bond acceptors (Lipinski definition) is 11. The molecule has 5 rings (SSSR count). The lowest BCUT2D eigenvalue weighted by atomic mass is 10.0. The number of carbonyl (C=O) groups is 3. The Morgan fingerprint density at radius 3 is 2.44 bits per heavy atom. The average Bonchev–Trinajstić information content (AvgIpc) is 3.64. The molecule has 0 bridgehead atoms. The van der Waals surface area contributed by atoms with Gasteiger partial charge in [0.15, 0.2) is 23.6 Å². The molecule has 0 spiro atoms. The first-order valence-corrected chi connectivity index (χ1v) is 17.1. The third-order valence-corrected chi connectivity index (χ3v) is 8.88. The number of piperazine rings is 1. The minimum Gasteiger partial charge on any atom is -0.504 e. The fourth-order valence-electron chi connectivity index (χ4n) is 5.72. The van der Waals surface area contributed by atoms with Crippen molar-refractivity contribution in [3.63, 3.8) is 0 Å². The van der Waals surface area contributed by atoms with Gasteiger partial charge in [-0.05, 0) is 49.4 Å². The maximum atomic E-state index is 12.7. The number of aryl methyl sites for hydroxylation is 1. The van der Waals surface area contributed by atoms with Gasteiger partial charge in [0.2, 0.25) is 5.91 Å². The molecular formula is C36H41ClF3N9O5. The summed E-state index contributed by atoms with van der Waals surface area (Å²) in [6.45, 7) is 9.94. The molecule has 54 heavy (non-hydrogen) atoms. The number of aromatic hydroxyl groups is 1. The summed E-state index contributed by atoms with van der Waals surface area (Å²) in [5.41, 5.74) is 3.87. The van der Waals surface area contributed by atoms with Crippen molar-refractivity contribution in [3.8, 4) is 5.75 Å². The van der Waals surface area contributed by atoms with Crippen molar-refractivity contribution in [1.82, 2.24) is 30.1 Å². The van der Waals surface area contributed by atoms with Crippen molar-refractivity contribution in [2.45, 2.75) is 39.7 Å². The summed E-state index contributed by atoms with van der Waals surface area (Å²) in [5, 5.41) is 21.0. The van der Waals surface area contributed by atoms with Gasteiger partial charge in [-0.2, -0.15) is 18.3 Å². The van der Waals surface area contributed by atoms with E-state index in [2.05, 4.69) is 37.4 Å². The fraction of sp³-hybridized carbons (Fsp3) is 0.361. The molecule has 0 radical (unpaired) electrons. The second-order valence-corrected chi connectivity index (χ2v) is 12.5. The smallest absolute Gasteiger partial charge is 0.416 e. The lowest BCUT2D eigenvalue weighted by Crippen LogP contribution is -2.49. The number of nitrogens with zero attached hydrogens (tertiary/aromatic N) is 7. The van der Waals surface area contributed by atoms with Gasteiger partial charge in [0.05, 0.1) is 40.9 Å². The standard InChI is InChI=1S/C20H18ClF3N4O2.C16H23N5O3/c1-25-19(14-5-3-4-12-10-30-11-15(12)14)27-28(2)9-18(29)26-17-7-6-13(8-16(17)21)20(22,23)24;1-4-12(17-3)13(9-22)20-5-7-21(8-6-20)16(24)14-15(23)11(2)18-10-19-14/h3-8H,1,9-11H2,2H3,(H,26,29);9-10,17,23H,4-8H2,1-3H3/b27-19-;13-12+. The number of benzene rings is 2. The van der Waals surface area contributed by atoms with E-state index in [1.807, 2.05) is 30.0 Å². The Labute approximate surface area is 315 Å². The molecule has 1 saturated heterocycles. The number of likely N-dealkylation sites (N-methyl/N-ethyl adjacent to an activating group) is 1. The van der Waals surface area contributed by atoms with E-state index < -0.39 is 17.6 Å². The summed E-state index contributed by atoms with van der Waals surface area (Å²) < 4.78 is 43.6. The van der Waals surface area contributed by atoms with Crippen LogP contribution >= 0.6 is 11.6 Å². The molecule has 14 nitrogen and oxygen atoms in total. The normalized spacial score (nSPS) is 14.6. The first-order valence-electron chi connectivity index (χ1n) is 16.7. The number of anilines is 1. The van der Waals surface area contributed by atoms with E-state index in [1.165, 1.54) is 11.3 Å². The van der Waals surface area contributed by atoms with Crippen LogP contribution in [0.5, 0.6) is 5.75 Å². The van der Waals surface area contributed by atoms with Crippen molar-refractivity contribution in [2.75, 3.05) is 52.1 Å². The first-order chi connectivity index (χ1) is 25.7. The molecule has 3 heterocycles. The Morgan fingerprint density at radius 2 is 1.83 bits per heavy atom. The van der Waals surface area contributed by atoms with Gasteiger partial charge in [-0.3, -0.25) is 19.4 Å². The van der Waals surface area contributed by atoms with Gasteiger partial charge >= 0.3 is 6.18 Å². The summed E-state index contributed by atoms with van der Waals surface area (Å²) >= 11 is 5.87. The lowest BCUT2D eigenvalue weighted by molar-refractivity contribution is -0.137. The van der Waals surface area contributed by atoms with E-state index in [1.54, 1.807) is 25.9 Å². The summed E-state index contributed by atoms with van der Waals surface area (Å²) in [6, 6.07) is 8.38. The van der Waals surface area contributed by atoms with E-state index >= 15 is 0 Å². The number of ether oxygens (including phenoxy) is 1.